The molecular formula is C25H29N3O4. The van der Waals surface area contributed by atoms with E-state index in [1.807, 2.05) is 57.2 Å². The highest BCUT2D eigenvalue weighted by Gasteiger charge is 2.44. The Morgan fingerprint density at radius 1 is 1.06 bits per heavy atom. The molecule has 0 heterocycles. The van der Waals surface area contributed by atoms with Crippen LogP contribution in [-0.4, -0.2) is 46.7 Å². The Hall–Kier alpha value is -3.28. The van der Waals surface area contributed by atoms with Gasteiger partial charge in [-0.15, -0.1) is 0 Å². The van der Waals surface area contributed by atoms with Gasteiger partial charge in [-0.2, -0.15) is 4.79 Å². The standard InChI is InChI=1S/C25H29N3O4/c1-16(32-24(2,3)4)25(5,22(29)14-27-26)28-23(30)31-15-21-19-12-8-6-10-17(19)18-11-7-9-13-20(18)21/h6-14,16,21H,15H2,1-5H3,(H,28,30)/t16-,25-/m0/s1. The van der Waals surface area contributed by atoms with Gasteiger partial charge in [-0.1, -0.05) is 48.5 Å². The molecule has 2 atom stereocenters. The van der Waals surface area contributed by atoms with Crippen molar-refractivity contribution in [1.82, 2.24) is 5.32 Å². The molecule has 0 fully saturated rings. The summed E-state index contributed by atoms with van der Waals surface area (Å²) in [5.41, 5.74) is 11.3. The monoisotopic (exact) mass is 435 g/mol. The van der Waals surface area contributed by atoms with E-state index in [9.17, 15) is 9.59 Å². The fraction of sp³-hybridized carbons (Fsp3) is 0.400. The van der Waals surface area contributed by atoms with Crippen molar-refractivity contribution in [3.8, 4) is 11.1 Å². The van der Waals surface area contributed by atoms with E-state index in [1.165, 1.54) is 6.92 Å². The van der Waals surface area contributed by atoms with Gasteiger partial charge in [0.15, 0.2) is 0 Å². The summed E-state index contributed by atoms with van der Waals surface area (Å²) >= 11 is 0. The first kappa shape index (κ1) is 23.4. The number of carbonyl (C=O) groups excluding carboxylic acids is 2. The number of fused-ring (bicyclic) bond motifs is 3. The molecule has 7 nitrogen and oxygen atoms in total. The maximum Gasteiger partial charge on any atom is 0.408 e. The minimum Gasteiger partial charge on any atom is -0.449 e. The van der Waals surface area contributed by atoms with E-state index in [0.717, 1.165) is 28.5 Å². The minimum absolute atomic E-state index is 0.0997. The molecule has 0 unspecified atom stereocenters. The van der Waals surface area contributed by atoms with Crippen molar-refractivity contribution in [3.63, 3.8) is 0 Å². The van der Waals surface area contributed by atoms with Gasteiger partial charge in [-0.05, 0) is 56.9 Å². The summed E-state index contributed by atoms with van der Waals surface area (Å²) < 4.78 is 11.5. The molecule has 0 radical (unpaired) electrons. The van der Waals surface area contributed by atoms with Gasteiger partial charge >= 0.3 is 12.3 Å². The Morgan fingerprint density at radius 3 is 2.09 bits per heavy atom. The second-order valence-corrected chi connectivity index (χ2v) is 9.13. The Bertz CT molecular complexity index is 1020. The summed E-state index contributed by atoms with van der Waals surface area (Å²) in [6.07, 6.45) is -0.710. The third-order valence-electron chi connectivity index (χ3n) is 5.74. The number of rotatable bonds is 7. The molecular weight excluding hydrogens is 406 g/mol. The van der Waals surface area contributed by atoms with E-state index < -0.39 is 29.1 Å². The highest BCUT2D eigenvalue weighted by atomic mass is 16.6. The van der Waals surface area contributed by atoms with Gasteiger partial charge in [0.2, 0.25) is 0 Å². The van der Waals surface area contributed by atoms with Crippen molar-refractivity contribution in [3.05, 3.63) is 65.2 Å². The van der Waals surface area contributed by atoms with Crippen LogP contribution in [0.25, 0.3) is 16.7 Å². The van der Waals surface area contributed by atoms with Gasteiger partial charge in [0, 0.05) is 5.92 Å². The van der Waals surface area contributed by atoms with Gasteiger partial charge in [-0.3, -0.25) is 4.79 Å². The van der Waals surface area contributed by atoms with Crippen molar-refractivity contribution in [1.29, 1.82) is 0 Å². The van der Waals surface area contributed by atoms with E-state index in [1.54, 1.807) is 6.92 Å². The Kier molecular flexibility index (Phi) is 6.63. The first-order valence-electron chi connectivity index (χ1n) is 10.6. The van der Waals surface area contributed by atoms with Crippen molar-refractivity contribution in [2.75, 3.05) is 6.61 Å². The molecule has 32 heavy (non-hydrogen) atoms. The molecule has 168 valence electrons. The summed E-state index contributed by atoms with van der Waals surface area (Å²) in [5.74, 6) is -0.706. The fourth-order valence-electron chi connectivity index (χ4n) is 4.04. The van der Waals surface area contributed by atoms with E-state index in [-0.39, 0.29) is 12.5 Å². The van der Waals surface area contributed by atoms with Crippen molar-refractivity contribution >= 4 is 18.1 Å². The zero-order valence-corrected chi connectivity index (χ0v) is 19.1. The number of nitrogens with zero attached hydrogens (tertiary/aromatic N) is 2. The van der Waals surface area contributed by atoms with Crippen LogP contribution in [0.4, 0.5) is 4.79 Å². The Labute approximate surface area is 188 Å². The largest absolute Gasteiger partial charge is 0.449 e. The summed E-state index contributed by atoms with van der Waals surface area (Å²) in [6, 6.07) is 16.1. The molecule has 1 amide bonds. The van der Waals surface area contributed by atoms with Crippen LogP contribution in [-0.2, 0) is 14.3 Å². The zero-order chi connectivity index (χ0) is 23.5. The first-order chi connectivity index (χ1) is 15.1. The lowest BCUT2D eigenvalue weighted by atomic mass is 9.90. The van der Waals surface area contributed by atoms with Crippen LogP contribution in [0.15, 0.2) is 48.5 Å². The van der Waals surface area contributed by atoms with Gasteiger partial charge in [0.1, 0.15) is 12.1 Å². The lowest BCUT2D eigenvalue weighted by Crippen LogP contribution is -2.61. The average Bonchev–Trinajstić information content (AvgIpc) is 3.05. The molecule has 1 aliphatic rings. The maximum atomic E-state index is 12.8. The van der Waals surface area contributed by atoms with Crippen LogP contribution < -0.4 is 5.32 Å². The Morgan fingerprint density at radius 2 is 1.59 bits per heavy atom. The average molecular weight is 436 g/mol. The highest BCUT2D eigenvalue weighted by Crippen LogP contribution is 2.44. The highest BCUT2D eigenvalue weighted by molar-refractivity contribution is 6.30. The van der Waals surface area contributed by atoms with Gasteiger partial charge in [-0.25, -0.2) is 4.79 Å². The molecule has 0 aromatic heterocycles. The van der Waals surface area contributed by atoms with E-state index in [0.29, 0.717) is 0 Å². The topological polar surface area (TPSA) is 101 Å². The van der Waals surface area contributed by atoms with E-state index >= 15 is 0 Å². The van der Waals surface area contributed by atoms with E-state index in [2.05, 4.69) is 22.2 Å². The summed E-state index contributed by atoms with van der Waals surface area (Å²) in [5, 5.41) is 2.63. The second-order valence-electron chi connectivity index (χ2n) is 9.13. The normalized spacial score (nSPS) is 15.5. The van der Waals surface area contributed by atoms with Crippen LogP contribution in [0, 0.1) is 0 Å². The predicted octanol–water partition coefficient (Wildman–Crippen LogP) is 4.36. The lowest BCUT2D eigenvalue weighted by molar-refractivity contribution is -0.134. The molecule has 1 N–H and O–H groups in total. The number of hydrogen-bond donors (Lipinski definition) is 1. The van der Waals surface area contributed by atoms with E-state index in [4.69, 9.17) is 15.0 Å². The number of carbonyl (C=O) groups is 2. The van der Waals surface area contributed by atoms with Crippen molar-refractivity contribution in [2.45, 2.75) is 57.8 Å². The van der Waals surface area contributed by atoms with Gasteiger partial charge in [0.05, 0.1) is 11.7 Å². The Balaban J connectivity index is 1.77. The molecule has 0 aliphatic heterocycles. The second kappa shape index (κ2) is 9.07. The van der Waals surface area contributed by atoms with Gasteiger partial charge in [0.25, 0.3) is 5.78 Å². The number of hydrogen-bond acceptors (Lipinski definition) is 4. The summed E-state index contributed by atoms with van der Waals surface area (Å²) in [7, 11) is 0. The molecule has 0 saturated heterocycles. The van der Waals surface area contributed by atoms with Crippen molar-refractivity contribution < 1.29 is 23.9 Å². The number of alkyl carbamates (subject to hydrolysis) is 1. The minimum atomic E-state index is -1.48. The van der Waals surface area contributed by atoms with Crippen LogP contribution in [0.5, 0.6) is 0 Å². The number of benzene rings is 2. The lowest BCUT2D eigenvalue weighted by Gasteiger charge is -2.36. The van der Waals surface area contributed by atoms with Crippen LogP contribution in [0.3, 0.4) is 0 Å². The van der Waals surface area contributed by atoms with Crippen LogP contribution >= 0.6 is 0 Å². The summed E-state index contributed by atoms with van der Waals surface area (Å²) in [4.78, 5) is 28.3. The third kappa shape index (κ3) is 4.79. The van der Waals surface area contributed by atoms with Gasteiger partial charge < -0.3 is 20.3 Å². The van der Waals surface area contributed by atoms with Crippen LogP contribution in [0.1, 0.15) is 51.7 Å². The zero-order valence-electron chi connectivity index (χ0n) is 19.1. The maximum absolute atomic E-state index is 12.8. The fourth-order valence-corrected chi connectivity index (χ4v) is 4.04. The smallest absolute Gasteiger partial charge is 0.408 e. The van der Waals surface area contributed by atoms with Crippen molar-refractivity contribution in [2.24, 2.45) is 0 Å². The molecule has 0 bridgehead atoms. The molecule has 7 heteroatoms. The molecule has 2 aromatic rings. The molecule has 2 aromatic carbocycles. The number of ether oxygens (including phenoxy) is 2. The van der Waals surface area contributed by atoms with Crippen LogP contribution in [0.2, 0.25) is 0 Å². The summed E-state index contributed by atoms with van der Waals surface area (Å²) in [6.45, 7) is 8.87. The quantitative estimate of drug-likeness (QED) is 0.397. The number of ketones is 1. The molecule has 1 aliphatic carbocycles. The number of Topliss-reactive ketones (excluding diaryl/α,β-unsaturated/α-hetero) is 1. The molecule has 0 spiro atoms. The predicted molar refractivity (Wildman–Crippen MR) is 122 cm³/mol. The number of nitrogens with one attached hydrogen (secondary N) is 1. The molecule has 0 saturated carbocycles. The third-order valence-corrected chi connectivity index (χ3v) is 5.74. The molecule has 3 rings (SSSR count). The SMILES string of the molecule is C[C@H](OC(C)(C)C)[C@](C)(NC(=O)OCC1c2ccccc2-c2ccccc21)C(=O)C=[N+]=[N-]. The first-order valence-corrected chi connectivity index (χ1v) is 10.6. The number of amides is 1.